The number of fused-ring (bicyclic) bond motifs is 1. The van der Waals surface area contributed by atoms with E-state index in [2.05, 4.69) is 0 Å². The minimum absolute atomic E-state index is 0.100. The SMILES string of the molecule is C[C@H](OC(=O)c1sc2ccccc2c1Cl)C(=O)NCC(F)(F)F. The van der Waals surface area contributed by atoms with Crippen LogP contribution in [0.5, 0.6) is 0 Å². The van der Waals surface area contributed by atoms with E-state index < -0.39 is 30.7 Å². The number of thiophene rings is 1. The molecule has 1 aromatic carbocycles. The Bertz CT molecular complexity index is 744. The van der Waals surface area contributed by atoms with Crippen molar-refractivity contribution in [2.75, 3.05) is 6.54 Å². The summed E-state index contributed by atoms with van der Waals surface area (Å²) in [6.07, 6.45) is -5.90. The van der Waals surface area contributed by atoms with Crippen LogP contribution in [0.2, 0.25) is 5.02 Å². The third-order valence-electron chi connectivity index (χ3n) is 2.84. The van der Waals surface area contributed by atoms with E-state index in [-0.39, 0.29) is 9.90 Å². The zero-order chi connectivity index (χ0) is 17.2. The Kier molecular flexibility index (Phi) is 5.16. The first-order valence-corrected chi connectivity index (χ1v) is 7.61. The van der Waals surface area contributed by atoms with Crippen LogP contribution in [-0.4, -0.2) is 30.7 Å². The minimum Gasteiger partial charge on any atom is -0.448 e. The second-order valence-corrected chi connectivity index (χ2v) is 6.05. The van der Waals surface area contributed by atoms with Crippen molar-refractivity contribution in [3.63, 3.8) is 0 Å². The first-order valence-electron chi connectivity index (χ1n) is 6.41. The molecular formula is C14H11ClF3NO3S. The molecule has 2 rings (SSSR count). The molecule has 0 aliphatic heterocycles. The standard InChI is InChI=1S/C14H11ClF3NO3S/c1-7(12(20)19-6-14(16,17)18)22-13(21)11-10(15)8-4-2-3-5-9(8)23-11/h2-5,7H,6H2,1H3,(H,19,20)/t7-/m0/s1. The van der Waals surface area contributed by atoms with Crippen LogP contribution < -0.4 is 5.32 Å². The number of ether oxygens (including phenoxy) is 1. The number of esters is 1. The van der Waals surface area contributed by atoms with E-state index in [0.717, 1.165) is 16.0 Å². The predicted octanol–water partition coefficient (Wildman–Crippen LogP) is 3.78. The normalized spacial score (nSPS) is 12.9. The van der Waals surface area contributed by atoms with Crippen molar-refractivity contribution in [1.29, 1.82) is 0 Å². The first-order chi connectivity index (χ1) is 10.7. The van der Waals surface area contributed by atoms with Gasteiger partial charge in [0.15, 0.2) is 6.10 Å². The van der Waals surface area contributed by atoms with Crippen molar-refractivity contribution in [3.8, 4) is 0 Å². The Morgan fingerprint density at radius 1 is 1.35 bits per heavy atom. The molecule has 0 unspecified atom stereocenters. The molecule has 0 aliphatic rings. The van der Waals surface area contributed by atoms with Crippen molar-refractivity contribution in [1.82, 2.24) is 5.32 Å². The smallest absolute Gasteiger partial charge is 0.405 e. The third kappa shape index (κ3) is 4.35. The maximum Gasteiger partial charge on any atom is 0.405 e. The van der Waals surface area contributed by atoms with Crippen LogP contribution in [0.15, 0.2) is 24.3 Å². The van der Waals surface area contributed by atoms with Gasteiger partial charge in [-0.25, -0.2) is 4.79 Å². The van der Waals surface area contributed by atoms with Crippen LogP contribution in [0.3, 0.4) is 0 Å². The number of hydrogen-bond donors (Lipinski definition) is 1. The van der Waals surface area contributed by atoms with Gasteiger partial charge in [-0.05, 0) is 13.0 Å². The molecule has 1 N–H and O–H groups in total. The lowest BCUT2D eigenvalue weighted by Gasteiger charge is -2.14. The van der Waals surface area contributed by atoms with Gasteiger partial charge in [-0.1, -0.05) is 29.8 Å². The van der Waals surface area contributed by atoms with Crippen LogP contribution in [-0.2, 0) is 9.53 Å². The quantitative estimate of drug-likeness (QED) is 0.839. The Hall–Kier alpha value is -1.80. The molecule has 1 heterocycles. The Labute approximate surface area is 138 Å². The van der Waals surface area contributed by atoms with Crippen LogP contribution in [0.1, 0.15) is 16.6 Å². The highest BCUT2D eigenvalue weighted by Gasteiger charge is 2.30. The molecule has 23 heavy (non-hydrogen) atoms. The zero-order valence-electron chi connectivity index (χ0n) is 11.7. The van der Waals surface area contributed by atoms with Gasteiger partial charge in [0.05, 0.1) is 5.02 Å². The van der Waals surface area contributed by atoms with Gasteiger partial charge in [0.1, 0.15) is 11.4 Å². The fourth-order valence-corrected chi connectivity index (χ4v) is 3.14. The van der Waals surface area contributed by atoms with Crippen molar-refractivity contribution in [3.05, 3.63) is 34.2 Å². The molecule has 1 atom stereocenters. The first kappa shape index (κ1) is 17.6. The van der Waals surface area contributed by atoms with E-state index in [9.17, 15) is 22.8 Å². The topological polar surface area (TPSA) is 55.4 Å². The van der Waals surface area contributed by atoms with E-state index >= 15 is 0 Å². The summed E-state index contributed by atoms with van der Waals surface area (Å²) in [5, 5.41) is 2.51. The van der Waals surface area contributed by atoms with E-state index in [1.807, 2.05) is 0 Å². The zero-order valence-corrected chi connectivity index (χ0v) is 13.3. The van der Waals surface area contributed by atoms with E-state index in [4.69, 9.17) is 16.3 Å². The molecule has 1 aromatic heterocycles. The van der Waals surface area contributed by atoms with Crippen LogP contribution in [0, 0.1) is 0 Å². The summed E-state index contributed by atoms with van der Waals surface area (Å²) in [5.74, 6) is -1.89. The molecular weight excluding hydrogens is 355 g/mol. The highest BCUT2D eigenvalue weighted by atomic mass is 35.5. The molecule has 0 fully saturated rings. The Balaban J connectivity index is 2.05. The second kappa shape index (κ2) is 6.76. The van der Waals surface area contributed by atoms with Gasteiger partial charge in [0.25, 0.3) is 5.91 Å². The van der Waals surface area contributed by atoms with Gasteiger partial charge in [-0.3, -0.25) is 4.79 Å². The largest absolute Gasteiger partial charge is 0.448 e. The molecule has 0 saturated heterocycles. The molecule has 4 nitrogen and oxygen atoms in total. The number of hydrogen-bond acceptors (Lipinski definition) is 4. The number of carbonyl (C=O) groups excluding carboxylic acids is 2. The highest BCUT2D eigenvalue weighted by molar-refractivity contribution is 7.21. The number of halogens is 4. The average Bonchev–Trinajstić information content (AvgIpc) is 2.81. The van der Waals surface area contributed by atoms with Gasteiger partial charge in [-0.2, -0.15) is 13.2 Å². The number of alkyl halides is 3. The Morgan fingerprint density at radius 2 is 2.00 bits per heavy atom. The summed E-state index contributed by atoms with van der Waals surface area (Å²) < 4.78 is 41.8. The molecule has 124 valence electrons. The third-order valence-corrected chi connectivity index (χ3v) is 4.49. The molecule has 0 bridgehead atoms. The van der Waals surface area contributed by atoms with Crippen molar-refractivity contribution in [2.24, 2.45) is 0 Å². The molecule has 2 aromatic rings. The van der Waals surface area contributed by atoms with Gasteiger partial charge < -0.3 is 10.1 Å². The lowest BCUT2D eigenvalue weighted by atomic mass is 10.2. The van der Waals surface area contributed by atoms with E-state index in [1.165, 1.54) is 6.92 Å². The molecule has 9 heteroatoms. The van der Waals surface area contributed by atoms with Crippen molar-refractivity contribution in [2.45, 2.75) is 19.2 Å². The molecule has 0 radical (unpaired) electrons. The number of rotatable bonds is 4. The molecule has 0 spiro atoms. The summed E-state index contributed by atoms with van der Waals surface area (Å²) in [5.41, 5.74) is 0. The summed E-state index contributed by atoms with van der Waals surface area (Å²) in [6, 6.07) is 7.02. The van der Waals surface area contributed by atoms with Gasteiger partial charge in [-0.15, -0.1) is 11.3 Å². The summed E-state index contributed by atoms with van der Waals surface area (Å²) >= 11 is 7.18. The summed E-state index contributed by atoms with van der Waals surface area (Å²) in [7, 11) is 0. The lowest BCUT2D eigenvalue weighted by Crippen LogP contribution is -2.40. The van der Waals surface area contributed by atoms with E-state index in [0.29, 0.717) is 5.39 Å². The number of benzene rings is 1. The van der Waals surface area contributed by atoms with Gasteiger partial charge in [0, 0.05) is 10.1 Å². The molecule has 0 saturated carbocycles. The van der Waals surface area contributed by atoms with Crippen molar-refractivity contribution >= 4 is 44.9 Å². The minimum atomic E-state index is -4.53. The number of carbonyl (C=O) groups is 2. The van der Waals surface area contributed by atoms with Gasteiger partial charge >= 0.3 is 12.1 Å². The predicted molar refractivity (Wildman–Crippen MR) is 80.8 cm³/mol. The second-order valence-electron chi connectivity index (χ2n) is 4.62. The summed E-state index contributed by atoms with van der Waals surface area (Å²) in [6.45, 7) is -0.303. The Morgan fingerprint density at radius 3 is 2.61 bits per heavy atom. The lowest BCUT2D eigenvalue weighted by molar-refractivity contribution is -0.143. The average molecular weight is 366 g/mol. The van der Waals surface area contributed by atoms with Crippen LogP contribution in [0.25, 0.3) is 10.1 Å². The number of nitrogens with one attached hydrogen (secondary N) is 1. The maximum absolute atomic E-state index is 12.1. The molecule has 1 amide bonds. The van der Waals surface area contributed by atoms with Crippen molar-refractivity contribution < 1.29 is 27.5 Å². The van der Waals surface area contributed by atoms with E-state index in [1.54, 1.807) is 29.6 Å². The highest BCUT2D eigenvalue weighted by Crippen LogP contribution is 2.35. The number of amides is 1. The fourth-order valence-electron chi connectivity index (χ4n) is 1.74. The van der Waals surface area contributed by atoms with Crippen LogP contribution in [0.4, 0.5) is 13.2 Å². The van der Waals surface area contributed by atoms with Gasteiger partial charge in [0.2, 0.25) is 0 Å². The fraction of sp³-hybridized carbons (Fsp3) is 0.286. The maximum atomic E-state index is 12.1. The molecule has 0 aliphatic carbocycles. The summed E-state index contributed by atoms with van der Waals surface area (Å²) in [4.78, 5) is 23.6. The monoisotopic (exact) mass is 365 g/mol. The van der Waals surface area contributed by atoms with Crippen LogP contribution >= 0.6 is 22.9 Å².